The summed E-state index contributed by atoms with van der Waals surface area (Å²) in [6, 6.07) is 23.5. The molecular weight excluding hydrogens is 360 g/mol. The normalized spacial score (nSPS) is 11.6. The Morgan fingerprint density at radius 2 is 1.59 bits per heavy atom. The summed E-state index contributed by atoms with van der Waals surface area (Å²) in [6.45, 7) is 0.228. The zero-order chi connectivity index (χ0) is 18.7. The van der Waals surface area contributed by atoms with E-state index in [1.54, 1.807) is 12.1 Å². The molecule has 0 aliphatic carbocycles. The molecular formula is C21H18N2O3S. The summed E-state index contributed by atoms with van der Waals surface area (Å²) in [5.74, 6) is 1.28. The first-order valence-corrected chi connectivity index (χ1v) is 9.97. The van der Waals surface area contributed by atoms with Gasteiger partial charge in [-0.05, 0) is 65.5 Å². The minimum atomic E-state index is -3.60. The number of nitrogens with one attached hydrogen (secondary N) is 2. The molecule has 5 nitrogen and oxygen atoms in total. The lowest BCUT2D eigenvalue weighted by molar-refractivity contribution is 0.482. The van der Waals surface area contributed by atoms with Crippen LogP contribution >= 0.6 is 0 Å². The number of hydrogen-bond donors (Lipinski definition) is 2. The van der Waals surface area contributed by atoms with Gasteiger partial charge < -0.3 is 9.72 Å². The van der Waals surface area contributed by atoms with Crippen LogP contribution in [0.5, 0.6) is 11.5 Å². The maximum absolute atomic E-state index is 12.5. The van der Waals surface area contributed by atoms with E-state index in [0.29, 0.717) is 11.5 Å². The van der Waals surface area contributed by atoms with Gasteiger partial charge in [0.05, 0.1) is 4.90 Å². The quantitative estimate of drug-likeness (QED) is 0.521. The van der Waals surface area contributed by atoms with Crippen LogP contribution in [0, 0.1) is 0 Å². The molecule has 6 heteroatoms. The van der Waals surface area contributed by atoms with Crippen LogP contribution in [0.25, 0.3) is 10.9 Å². The number of benzene rings is 3. The van der Waals surface area contributed by atoms with E-state index in [4.69, 9.17) is 4.74 Å². The molecule has 0 aliphatic heterocycles. The van der Waals surface area contributed by atoms with Gasteiger partial charge in [-0.25, -0.2) is 13.1 Å². The summed E-state index contributed by atoms with van der Waals surface area (Å²) in [7, 11) is -3.60. The van der Waals surface area contributed by atoms with E-state index in [1.165, 1.54) is 12.1 Å². The minimum Gasteiger partial charge on any atom is -0.457 e. The molecule has 1 aromatic heterocycles. The van der Waals surface area contributed by atoms with Crippen molar-refractivity contribution < 1.29 is 13.2 Å². The van der Waals surface area contributed by atoms with E-state index in [9.17, 15) is 8.42 Å². The van der Waals surface area contributed by atoms with Gasteiger partial charge in [-0.3, -0.25) is 0 Å². The first kappa shape index (κ1) is 17.3. The third kappa shape index (κ3) is 4.02. The van der Waals surface area contributed by atoms with Gasteiger partial charge in [0.2, 0.25) is 10.0 Å². The van der Waals surface area contributed by atoms with Crippen molar-refractivity contribution in [3.63, 3.8) is 0 Å². The zero-order valence-corrected chi connectivity index (χ0v) is 15.2. The fourth-order valence-corrected chi connectivity index (χ4v) is 3.80. The van der Waals surface area contributed by atoms with Crippen molar-refractivity contribution >= 4 is 20.9 Å². The van der Waals surface area contributed by atoms with Gasteiger partial charge >= 0.3 is 0 Å². The Kier molecular flexibility index (Phi) is 4.66. The van der Waals surface area contributed by atoms with Gasteiger partial charge in [-0.1, -0.05) is 24.3 Å². The lowest BCUT2D eigenvalue weighted by Gasteiger charge is -2.09. The first-order chi connectivity index (χ1) is 13.1. The lowest BCUT2D eigenvalue weighted by Crippen LogP contribution is -2.23. The fraction of sp³-hybridized carbons (Fsp3) is 0.0476. The van der Waals surface area contributed by atoms with Gasteiger partial charge in [-0.2, -0.15) is 0 Å². The topological polar surface area (TPSA) is 71.2 Å². The Morgan fingerprint density at radius 1 is 0.852 bits per heavy atom. The maximum atomic E-state index is 12.5. The summed E-state index contributed by atoms with van der Waals surface area (Å²) in [6.07, 6.45) is 1.86. The molecule has 0 atom stereocenters. The maximum Gasteiger partial charge on any atom is 0.240 e. The number of ether oxygens (including phenoxy) is 1. The molecule has 0 fully saturated rings. The number of hydrogen-bond acceptors (Lipinski definition) is 3. The standard InChI is InChI=1S/C21H18N2O3S/c24-27(25,23-15-16-6-11-21-17(14-16)12-13-22-21)20-9-7-19(8-10-20)26-18-4-2-1-3-5-18/h1-14,22-23H,15H2. The van der Waals surface area contributed by atoms with Crippen molar-refractivity contribution in [2.45, 2.75) is 11.4 Å². The Labute approximate surface area is 157 Å². The summed E-state index contributed by atoms with van der Waals surface area (Å²) in [5, 5.41) is 1.05. The van der Waals surface area contributed by atoms with Crippen LogP contribution in [0.3, 0.4) is 0 Å². The first-order valence-electron chi connectivity index (χ1n) is 8.49. The number of H-pyrrole nitrogens is 1. The molecule has 0 spiro atoms. The highest BCUT2D eigenvalue weighted by Gasteiger charge is 2.14. The molecule has 1 heterocycles. The van der Waals surface area contributed by atoms with Crippen molar-refractivity contribution in [1.82, 2.24) is 9.71 Å². The fourth-order valence-electron chi connectivity index (χ4n) is 2.79. The molecule has 3 aromatic carbocycles. The van der Waals surface area contributed by atoms with Crippen molar-refractivity contribution in [3.05, 3.63) is 90.6 Å². The monoisotopic (exact) mass is 378 g/mol. The van der Waals surface area contributed by atoms with E-state index in [1.807, 2.05) is 60.8 Å². The average Bonchev–Trinajstić information content (AvgIpc) is 3.16. The van der Waals surface area contributed by atoms with Crippen LogP contribution in [0.1, 0.15) is 5.56 Å². The van der Waals surface area contributed by atoms with Crippen LogP contribution in [-0.2, 0) is 16.6 Å². The second-order valence-corrected chi connectivity index (χ2v) is 7.88. The molecule has 0 saturated heterocycles. The van der Waals surface area contributed by atoms with Crippen LogP contribution in [-0.4, -0.2) is 13.4 Å². The van der Waals surface area contributed by atoms with E-state index < -0.39 is 10.0 Å². The van der Waals surface area contributed by atoms with Crippen LogP contribution in [0.15, 0.2) is 90.0 Å². The molecule has 27 heavy (non-hydrogen) atoms. The van der Waals surface area contributed by atoms with Crippen molar-refractivity contribution in [3.8, 4) is 11.5 Å². The largest absolute Gasteiger partial charge is 0.457 e. The van der Waals surface area contributed by atoms with E-state index in [-0.39, 0.29) is 11.4 Å². The van der Waals surface area contributed by atoms with Crippen LogP contribution in [0.2, 0.25) is 0 Å². The van der Waals surface area contributed by atoms with Gasteiger partial charge in [0.1, 0.15) is 11.5 Å². The number of aromatic nitrogens is 1. The van der Waals surface area contributed by atoms with E-state index in [0.717, 1.165) is 16.5 Å². The van der Waals surface area contributed by atoms with Crippen molar-refractivity contribution in [2.24, 2.45) is 0 Å². The second-order valence-electron chi connectivity index (χ2n) is 6.11. The Balaban J connectivity index is 1.44. The summed E-state index contributed by atoms with van der Waals surface area (Å²) in [4.78, 5) is 3.32. The SMILES string of the molecule is O=S(=O)(NCc1ccc2[nH]ccc2c1)c1ccc(Oc2ccccc2)cc1. The Hall–Kier alpha value is -3.09. The summed E-state index contributed by atoms with van der Waals surface area (Å²) in [5.41, 5.74) is 1.92. The molecule has 2 N–H and O–H groups in total. The lowest BCUT2D eigenvalue weighted by atomic mass is 10.1. The Morgan fingerprint density at radius 3 is 2.37 bits per heavy atom. The molecule has 4 aromatic rings. The highest BCUT2D eigenvalue weighted by Crippen LogP contribution is 2.22. The number of rotatable bonds is 6. The Bertz CT molecular complexity index is 1150. The molecule has 0 bridgehead atoms. The molecule has 0 radical (unpaired) electrons. The third-order valence-electron chi connectivity index (χ3n) is 4.20. The van der Waals surface area contributed by atoms with Gasteiger partial charge in [-0.15, -0.1) is 0 Å². The van der Waals surface area contributed by atoms with E-state index in [2.05, 4.69) is 9.71 Å². The van der Waals surface area contributed by atoms with Gasteiger partial charge in [0, 0.05) is 18.3 Å². The number of aromatic amines is 1. The molecule has 0 saturated carbocycles. The van der Waals surface area contributed by atoms with Gasteiger partial charge in [0.25, 0.3) is 0 Å². The summed E-state index contributed by atoms with van der Waals surface area (Å²) < 4.78 is 33.4. The predicted molar refractivity (Wildman–Crippen MR) is 105 cm³/mol. The third-order valence-corrected chi connectivity index (χ3v) is 5.61. The molecule has 136 valence electrons. The van der Waals surface area contributed by atoms with Crippen LogP contribution < -0.4 is 9.46 Å². The van der Waals surface area contributed by atoms with Crippen LogP contribution in [0.4, 0.5) is 0 Å². The summed E-state index contributed by atoms with van der Waals surface area (Å²) >= 11 is 0. The number of sulfonamides is 1. The molecule has 0 unspecified atom stereocenters. The highest BCUT2D eigenvalue weighted by molar-refractivity contribution is 7.89. The minimum absolute atomic E-state index is 0.200. The molecule has 0 amide bonds. The zero-order valence-electron chi connectivity index (χ0n) is 14.4. The second kappa shape index (κ2) is 7.26. The van der Waals surface area contributed by atoms with E-state index >= 15 is 0 Å². The smallest absolute Gasteiger partial charge is 0.240 e. The molecule has 4 rings (SSSR count). The highest BCUT2D eigenvalue weighted by atomic mass is 32.2. The number of fused-ring (bicyclic) bond motifs is 1. The molecule has 0 aliphatic rings. The van der Waals surface area contributed by atoms with Gasteiger partial charge in [0.15, 0.2) is 0 Å². The van der Waals surface area contributed by atoms with Crippen molar-refractivity contribution in [1.29, 1.82) is 0 Å². The average molecular weight is 378 g/mol. The predicted octanol–water partition coefficient (Wildman–Crippen LogP) is 4.44. The van der Waals surface area contributed by atoms with Crippen molar-refractivity contribution in [2.75, 3.05) is 0 Å². The number of para-hydroxylation sites is 1.